The third kappa shape index (κ3) is 5.15. The molecule has 166 valence electrons. The number of carbonyl (C=O) groups excluding carboxylic acids is 2. The van der Waals surface area contributed by atoms with E-state index in [-0.39, 0.29) is 17.3 Å². The number of aliphatic imine (C=N–C) groups is 1. The number of hydrogen-bond donors (Lipinski definition) is 0. The minimum Gasteiger partial charge on any atom is -0.490 e. The van der Waals surface area contributed by atoms with E-state index in [1.54, 1.807) is 43.3 Å². The van der Waals surface area contributed by atoms with Crippen LogP contribution in [0.1, 0.15) is 34.0 Å². The molecule has 1 aliphatic rings. The summed E-state index contributed by atoms with van der Waals surface area (Å²) < 4.78 is 29.8. The van der Waals surface area contributed by atoms with Crippen molar-refractivity contribution in [2.24, 2.45) is 4.99 Å². The number of benzene rings is 3. The molecule has 0 spiro atoms. The second-order valence-electron chi connectivity index (χ2n) is 7.24. The number of esters is 2. The molecule has 0 atom stereocenters. The lowest BCUT2D eigenvalue weighted by molar-refractivity contribution is -0.129. The Labute approximate surface area is 189 Å². The van der Waals surface area contributed by atoms with Crippen LogP contribution in [0, 0.1) is 12.7 Å². The summed E-state index contributed by atoms with van der Waals surface area (Å²) in [5.74, 6) is -0.997. The molecule has 0 saturated heterocycles. The Morgan fingerprint density at radius 2 is 1.85 bits per heavy atom. The summed E-state index contributed by atoms with van der Waals surface area (Å²) in [6.45, 7) is 4.08. The van der Waals surface area contributed by atoms with Crippen LogP contribution in [0.25, 0.3) is 6.08 Å². The Morgan fingerprint density at radius 3 is 2.58 bits per heavy atom. The van der Waals surface area contributed by atoms with Crippen LogP contribution < -0.4 is 9.47 Å². The zero-order valence-electron chi connectivity index (χ0n) is 18.0. The van der Waals surface area contributed by atoms with Crippen molar-refractivity contribution in [1.29, 1.82) is 0 Å². The number of aryl methyl sites for hydroxylation is 1. The van der Waals surface area contributed by atoms with Crippen molar-refractivity contribution >= 4 is 23.9 Å². The van der Waals surface area contributed by atoms with Gasteiger partial charge in [0.1, 0.15) is 5.82 Å². The van der Waals surface area contributed by atoms with Crippen LogP contribution in [0.5, 0.6) is 11.5 Å². The highest BCUT2D eigenvalue weighted by molar-refractivity contribution is 6.12. The molecule has 1 heterocycles. The molecule has 0 unspecified atom stereocenters. The largest absolute Gasteiger partial charge is 0.490 e. The van der Waals surface area contributed by atoms with Crippen LogP contribution in [-0.4, -0.2) is 24.4 Å². The van der Waals surface area contributed by atoms with Crippen molar-refractivity contribution in [3.63, 3.8) is 0 Å². The first kappa shape index (κ1) is 22.0. The molecule has 0 fully saturated rings. The van der Waals surface area contributed by atoms with Gasteiger partial charge in [0, 0.05) is 5.56 Å². The predicted octanol–water partition coefficient (Wildman–Crippen LogP) is 5.10. The minimum atomic E-state index is -0.651. The summed E-state index contributed by atoms with van der Waals surface area (Å²) in [5, 5.41) is 0. The van der Waals surface area contributed by atoms with E-state index in [1.807, 2.05) is 19.1 Å². The number of cyclic esters (lactones) is 1. The number of hydrogen-bond acceptors (Lipinski definition) is 6. The van der Waals surface area contributed by atoms with E-state index in [0.29, 0.717) is 29.0 Å². The molecule has 0 radical (unpaired) electrons. The average Bonchev–Trinajstić information content (AvgIpc) is 3.16. The van der Waals surface area contributed by atoms with Gasteiger partial charge in [0.05, 0.1) is 12.2 Å². The van der Waals surface area contributed by atoms with Crippen LogP contribution in [0.4, 0.5) is 4.39 Å². The molecule has 0 bridgehead atoms. The van der Waals surface area contributed by atoms with Gasteiger partial charge in [0.15, 0.2) is 17.2 Å². The van der Waals surface area contributed by atoms with E-state index < -0.39 is 17.8 Å². The summed E-state index contributed by atoms with van der Waals surface area (Å²) in [4.78, 5) is 28.9. The molecular weight excluding hydrogens is 425 g/mol. The highest BCUT2D eigenvalue weighted by atomic mass is 19.1. The molecule has 1 aliphatic heterocycles. The van der Waals surface area contributed by atoms with E-state index in [1.165, 1.54) is 24.3 Å². The summed E-state index contributed by atoms with van der Waals surface area (Å²) >= 11 is 0. The van der Waals surface area contributed by atoms with Gasteiger partial charge in [0.2, 0.25) is 5.90 Å². The number of rotatable bonds is 6. The monoisotopic (exact) mass is 445 g/mol. The molecular formula is C26H20FNO5. The topological polar surface area (TPSA) is 74.2 Å². The summed E-state index contributed by atoms with van der Waals surface area (Å²) in [6.07, 6.45) is 1.52. The van der Waals surface area contributed by atoms with Crippen molar-refractivity contribution in [3.8, 4) is 11.5 Å². The SMILES string of the molecule is CCOc1cc(/C=C2\N=C(c3cccc(F)c3)OC2=O)ccc1OC(=O)c1ccc(C)cc1. The van der Waals surface area contributed by atoms with Crippen molar-refractivity contribution in [3.05, 3.63) is 100 Å². The lowest BCUT2D eigenvalue weighted by Crippen LogP contribution is -2.09. The van der Waals surface area contributed by atoms with Gasteiger partial charge < -0.3 is 14.2 Å². The lowest BCUT2D eigenvalue weighted by Gasteiger charge is -2.11. The van der Waals surface area contributed by atoms with Crippen molar-refractivity contribution in [2.45, 2.75) is 13.8 Å². The maximum atomic E-state index is 13.5. The molecule has 0 aliphatic carbocycles. The fraction of sp³-hybridized carbons (Fsp3) is 0.115. The van der Waals surface area contributed by atoms with Gasteiger partial charge in [-0.3, -0.25) is 0 Å². The molecule has 33 heavy (non-hydrogen) atoms. The fourth-order valence-electron chi connectivity index (χ4n) is 3.13. The smallest absolute Gasteiger partial charge is 0.363 e. The maximum Gasteiger partial charge on any atom is 0.363 e. The number of nitrogens with zero attached hydrogens (tertiary/aromatic N) is 1. The summed E-state index contributed by atoms with van der Waals surface area (Å²) in [6, 6.07) is 17.6. The van der Waals surface area contributed by atoms with Crippen molar-refractivity contribution in [2.75, 3.05) is 6.61 Å². The molecule has 3 aromatic rings. The maximum absolute atomic E-state index is 13.5. The van der Waals surface area contributed by atoms with E-state index >= 15 is 0 Å². The lowest BCUT2D eigenvalue weighted by atomic mass is 10.1. The van der Waals surface area contributed by atoms with Crippen LogP contribution in [-0.2, 0) is 9.53 Å². The van der Waals surface area contributed by atoms with E-state index in [4.69, 9.17) is 14.2 Å². The van der Waals surface area contributed by atoms with Gasteiger partial charge in [0.25, 0.3) is 0 Å². The number of halogens is 1. The molecule has 6 nitrogen and oxygen atoms in total. The Kier molecular flexibility index (Phi) is 6.31. The minimum absolute atomic E-state index is 0.0272. The predicted molar refractivity (Wildman–Crippen MR) is 121 cm³/mol. The van der Waals surface area contributed by atoms with Crippen LogP contribution in [0.2, 0.25) is 0 Å². The highest BCUT2D eigenvalue weighted by Crippen LogP contribution is 2.31. The first-order valence-electron chi connectivity index (χ1n) is 10.3. The fourth-order valence-corrected chi connectivity index (χ4v) is 3.13. The van der Waals surface area contributed by atoms with Crippen LogP contribution in [0.15, 0.2) is 77.4 Å². The molecule has 0 aromatic heterocycles. The van der Waals surface area contributed by atoms with Gasteiger partial charge >= 0.3 is 11.9 Å². The summed E-state index contributed by atoms with van der Waals surface area (Å²) in [5.41, 5.74) is 2.46. The Morgan fingerprint density at radius 1 is 1.06 bits per heavy atom. The van der Waals surface area contributed by atoms with Gasteiger partial charge in [-0.05, 0) is 68.0 Å². The van der Waals surface area contributed by atoms with Gasteiger partial charge in [-0.2, -0.15) is 0 Å². The van der Waals surface area contributed by atoms with E-state index in [0.717, 1.165) is 5.56 Å². The molecule has 4 rings (SSSR count). The molecule has 3 aromatic carbocycles. The first-order valence-corrected chi connectivity index (χ1v) is 10.3. The zero-order chi connectivity index (χ0) is 23.4. The zero-order valence-corrected chi connectivity index (χ0v) is 18.0. The third-order valence-electron chi connectivity index (χ3n) is 4.75. The van der Waals surface area contributed by atoms with Gasteiger partial charge in [-0.25, -0.2) is 19.0 Å². The summed E-state index contributed by atoms with van der Waals surface area (Å²) in [7, 11) is 0. The molecule has 0 N–H and O–H groups in total. The van der Waals surface area contributed by atoms with Crippen LogP contribution >= 0.6 is 0 Å². The Balaban J connectivity index is 1.59. The normalized spacial score (nSPS) is 14.1. The molecule has 0 amide bonds. The van der Waals surface area contributed by atoms with E-state index in [2.05, 4.69) is 4.99 Å². The highest BCUT2D eigenvalue weighted by Gasteiger charge is 2.24. The quantitative estimate of drug-likeness (QED) is 0.300. The van der Waals surface area contributed by atoms with E-state index in [9.17, 15) is 14.0 Å². The third-order valence-corrected chi connectivity index (χ3v) is 4.75. The van der Waals surface area contributed by atoms with Crippen molar-refractivity contribution < 1.29 is 28.2 Å². The molecule has 0 saturated carbocycles. The number of carbonyl (C=O) groups is 2. The average molecular weight is 445 g/mol. The number of ether oxygens (including phenoxy) is 3. The first-order chi connectivity index (χ1) is 15.9. The van der Waals surface area contributed by atoms with Crippen molar-refractivity contribution in [1.82, 2.24) is 0 Å². The van der Waals surface area contributed by atoms with Crippen LogP contribution in [0.3, 0.4) is 0 Å². The van der Waals surface area contributed by atoms with Gasteiger partial charge in [-0.15, -0.1) is 0 Å². The Hall–Kier alpha value is -4.26. The molecule has 7 heteroatoms. The second-order valence-corrected chi connectivity index (χ2v) is 7.24. The van der Waals surface area contributed by atoms with Gasteiger partial charge in [-0.1, -0.05) is 29.8 Å². The standard InChI is InChI=1S/C26H20FNO5/c1-3-31-23-14-17(9-12-22(23)32-25(29)18-10-7-16(2)8-11-18)13-21-26(30)33-24(28-21)19-5-4-6-20(27)15-19/h4-15H,3H2,1-2H3/b21-13-. The second kappa shape index (κ2) is 9.48. The Bertz CT molecular complexity index is 1280.